The number of halogens is 1. The second-order valence-electron chi connectivity index (χ2n) is 3.36. The summed E-state index contributed by atoms with van der Waals surface area (Å²) in [5, 5.41) is 0. The fourth-order valence-corrected chi connectivity index (χ4v) is 2.88. The molecule has 1 saturated heterocycles. The molecule has 7 heteroatoms. The van der Waals surface area contributed by atoms with E-state index in [9.17, 15) is 8.42 Å². The minimum atomic E-state index is -3.35. The molecule has 1 aromatic rings. The van der Waals surface area contributed by atoms with E-state index in [4.69, 9.17) is 4.74 Å². The number of nitrogens with zero attached hydrogens (tertiary/aromatic N) is 1. The van der Waals surface area contributed by atoms with Crippen molar-refractivity contribution in [2.75, 3.05) is 24.9 Å². The van der Waals surface area contributed by atoms with E-state index in [-0.39, 0.29) is 0 Å². The predicted molar refractivity (Wildman–Crippen MR) is 64.8 cm³/mol. The molecular weight excluding hydrogens is 296 g/mol. The van der Waals surface area contributed by atoms with Crippen LogP contribution in [0.5, 0.6) is 5.75 Å². The number of anilines is 1. The number of hydrogen-bond acceptors (Lipinski definition) is 3. The third kappa shape index (κ3) is 2.47. The highest BCUT2D eigenvalue weighted by atomic mass is 79.9. The molecule has 0 saturated carbocycles. The lowest BCUT2D eigenvalue weighted by atomic mass is 10.3. The van der Waals surface area contributed by atoms with E-state index in [0.29, 0.717) is 29.0 Å². The van der Waals surface area contributed by atoms with Crippen molar-refractivity contribution in [2.45, 2.75) is 0 Å². The normalized spacial score (nSPS) is 15.9. The Labute approximate surface area is 103 Å². The summed E-state index contributed by atoms with van der Waals surface area (Å²) in [5.41, 5.74) is 0.513. The van der Waals surface area contributed by atoms with Crippen LogP contribution in [0.15, 0.2) is 22.7 Å². The van der Waals surface area contributed by atoms with E-state index < -0.39 is 10.2 Å². The highest BCUT2D eigenvalue weighted by Gasteiger charge is 2.31. The van der Waals surface area contributed by atoms with Gasteiger partial charge in [0.1, 0.15) is 5.75 Å². The van der Waals surface area contributed by atoms with Gasteiger partial charge < -0.3 is 4.74 Å². The number of rotatable bonds is 4. The predicted octanol–water partition coefficient (Wildman–Crippen LogP) is 1.43. The molecule has 2 rings (SSSR count). The molecule has 0 unspecified atom stereocenters. The van der Waals surface area contributed by atoms with Gasteiger partial charge in [-0.25, -0.2) is 0 Å². The first kappa shape index (κ1) is 11.7. The van der Waals surface area contributed by atoms with Crippen LogP contribution in [0.3, 0.4) is 0 Å². The standard InChI is InChI=1S/C9H11BrN2O3S/c1-15-9-3-2-7(6-8(9)10)11-16(13,14)12-4-5-12/h2-3,6,11H,4-5H2,1H3. The molecule has 1 aromatic carbocycles. The van der Waals surface area contributed by atoms with E-state index in [0.717, 1.165) is 0 Å². The van der Waals surface area contributed by atoms with E-state index in [1.165, 1.54) is 4.31 Å². The smallest absolute Gasteiger partial charge is 0.301 e. The Bertz CT molecular complexity index is 499. The summed E-state index contributed by atoms with van der Waals surface area (Å²) in [5.74, 6) is 0.662. The lowest BCUT2D eigenvalue weighted by molar-refractivity contribution is 0.412. The van der Waals surface area contributed by atoms with Crippen molar-refractivity contribution in [2.24, 2.45) is 0 Å². The monoisotopic (exact) mass is 306 g/mol. The number of methoxy groups -OCH3 is 1. The molecule has 1 aliphatic heterocycles. The van der Waals surface area contributed by atoms with Gasteiger partial charge in [0, 0.05) is 13.1 Å². The number of ether oxygens (including phenoxy) is 1. The van der Waals surface area contributed by atoms with Crippen LogP contribution in [-0.4, -0.2) is 32.9 Å². The van der Waals surface area contributed by atoms with Gasteiger partial charge in [-0.15, -0.1) is 0 Å². The van der Waals surface area contributed by atoms with Crippen molar-refractivity contribution < 1.29 is 13.2 Å². The molecular formula is C9H11BrN2O3S. The summed E-state index contributed by atoms with van der Waals surface area (Å²) in [6.07, 6.45) is 0. The van der Waals surface area contributed by atoms with Crippen LogP contribution in [0.2, 0.25) is 0 Å². The molecule has 0 aromatic heterocycles. The molecule has 1 N–H and O–H groups in total. The topological polar surface area (TPSA) is 58.4 Å². The fraction of sp³-hybridized carbons (Fsp3) is 0.333. The third-order valence-corrected chi connectivity index (χ3v) is 4.30. The van der Waals surface area contributed by atoms with Gasteiger partial charge in [-0.3, -0.25) is 4.72 Å². The van der Waals surface area contributed by atoms with Crippen molar-refractivity contribution in [3.63, 3.8) is 0 Å². The van der Waals surface area contributed by atoms with Crippen molar-refractivity contribution in [3.05, 3.63) is 22.7 Å². The summed E-state index contributed by atoms with van der Waals surface area (Å²) in [7, 11) is -1.80. The number of nitrogens with one attached hydrogen (secondary N) is 1. The van der Waals surface area contributed by atoms with Gasteiger partial charge >= 0.3 is 10.2 Å². The molecule has 0 atom stereocenters. The van der Waals surface area contributed by atoms with Crippen LogP contribution in [0.4, 0.5) is 5.69 Å². The lowest BCUT2D eigenvalue weighted by Gasteiger charge is -2.09. The zero-order valence-electron chi connectivity index (χ0n) is 8.60. The summed E-state index contributed by atoms with van der Waals surface area (Å²) < 4.78 is 32.8. The van der Waals surface area contributed by atoms with E-state index >= 15 is 0 Å². The van der Waals surface area contributed by atoms with Gasteiger partial charge in [0.25, 0.3) is 0 Å². The van der Waals surface area contributed by atoms with Crippen LogP contribution < -0.4 is 9.46 Å². The van der Waals surface area contributed by atoms with Gasteiger partial charge in [0.15, 0.2) is 0 Å². The van der Waals surface area contributed by atoms with E-state index in [2.05, 4.69) is 20.7 Å². The van der Waals surface area contributed by atoms with E-state index in [1.807, 2.05) is 0 Å². The Morgan fingerprint density at radius 2 is 2.12 bits per heavy atom. The second-order valence-corrected chi connectivity index (χ2v) is 5.88. The van der Waals surface area contributed by atoms with Gasteiger partial charge in [-0.1, -0.05) is 0 Å². The zero-order valence-corrected chi connectivity index (χ0v) is 11.0. The molecule has 0 aliphatic carbocycles. The van der Waals surface area contributed by atoms with Gasteiger partial charge in [0.05, 0.1) is 17.3 Å². The molecule has 1 aliphatic rings. The molecule has 16 heavy (non-hydrogen) atoms. The lowest BCUT2D eigenvalue weighted by Crippen LogP contribution is -2.20. The quantitative estimate of drug-likeness (QED) is 0.856. The largest absolute Gasteiger partial charge is 0.496 e. The first-order valence-electron chi connectivity index (χ1n) is 4.64. The summed E-state index contributed by atoms with van der Waals surface area (Å²) in [6.45, 7) is 1.18. The maximum absolute atomic E-state index is 11.6. The van der Waals surface area contributed by atoms with Crippen LogP contribution in [-0.2, 0) is 10.2 Å². The Kier molecular flexibility index (Phi) is 3.09. The van der Waals surface area contributed by atoms with Gasteiger partial charge in [-0.2, -0.15) is 12.7 Å². The molecule has 1 fully saturated rings. The fourth-order valence-electron chi connectivity index (χ4n) is 1.22. The minimum Gasteiger partial charge on any atom is -0.496 e. The number of hydrogen-bond donors (Lipinski definition) is 1. The SMILES string of the molecule is COc1ccc(NS(=O)(=O)N2CC2)cc1Br. The third-order valence-electron chi connectivity index (χ3n) is 2.14. The first-order chi connectivity index (χ1) is 7.53. The average molecular weight is 307 g/mol. The molecule has 0 bridgehead atoms. The molecule has 0 amide bonds. The summed E-state index contributed by atoms with van der Waals surface area (Å²) in [4.78, 5) is 0. The maximum Gasteiger partial charge on any atom is 0.301 e. The Morgan fingerprint density at radius 3 is 2.62 bits per heavy atom. The number of benzene rings is 1. The summed E-state index contributed by atoms with van der Waals surface area (Å²) in [6, 6.07) is 5.02. The van der Waals surface area contributed by atoms with Crippen molar-refractivity contribution >= 4 is 31.8 Å². The van der Waals surface area contributed by atoms with Crippen molar-refractivity contribution in [1.29, 1.82) is 0 Å². The average Bonchev–Trinajstić information content (AvgIpc) is 3.00. The van der Waals surface area contributed by atoms with Gasteiger partial charge in [0.2, 0.25) is 0 Å². The minimum absolute atomic E-state index is 0.513. The van der Waals surface area contributed by atoms with Crippen molar-refractivity contribution in [1.82, 2.24) is 4.31 Å². The molecule has 0 radical (unpaired) electrons. The molecule has 88 valence electrons. The highest BCUT2D eigenvalue weighted by molar-refractivity contribution is 9.10. The van der Waals surface area contributed by atoms with Gasteiger partial charge in [-0.05, 0) is 34.1 Å². The Morgan fingerprint density at radius 1 is 1.44 bits per heavy atom. The van der Waals surface area contributed by atoms with Crippen LogP contribution in [0.1, 0.15) is 0 Å². The van der Waals surface area contributed by atoms with Crippen LogP contribution in [0, 0.1) is 0 Å². The Balaban J connectivity index is 2.19. The summed E-state index contributed by atoms with van der Waals surface area (Å²) >= 11 is 3.29. The highest BCUT2D eigenvalue weighted by Crippen LogP contribution is 2.28. The van der Waals surface area contributed by atoms with Crippen LogP contribution in [0.25, 0.3) is 0 Å². The van der Waals surface area contributed by atoms with Crippen LogP contribution >= 0.6 is 15.9 Å². The van der Waals surface area contributed by atoms with Crippen molar-refractivity contribution in [3.8, 4) is 5.75 Å². The molecule has 5 nitrogen and oxygen atoms in total. The molecule has 0 spiro atoms. The first-order valence-corrected chi connectivity index (χ1v) is 6.87. The second kappa shape index (κ2) is 4.23. The zero-order chi connectivity index (χ0) is 11.8. The maximum atomic E-state index is 11.6. The van der Waals surface area contributed by atoms with E-state index in [1.54, 1.807) is 25.3 Å². The Hall–Kier alpha value is -0.790. The molecule has 1 heterocycles.